The lowest BCUT2D eigenvalue weighted by molar-refractivity contribution is 0.0746. The fraction of sp³-hybridized carbons (Fsp3) is 0.381. The molecule has 4 heteroatoms. The third-order valence-electron chi connectivity index (χ3n) is 5.13. The topological polar surface area (TPSA) is 32.8 Å². The number of aryl methyl sites for hydroxylation is 2. The average Bonchev–Trinajstić information content (AvgIpc) is 2.63. The molecule has 1 amide bonds. The number of anilines is 1. The molecule has 0 atom stereocenters. The van der Waals surface area contributed by atoms with Gasteiger partial charge in [0.05, 0.1) is 7.11 Å². The van der Waals surface area contributed by atoms with Gasteiger partial charge in [-0.15, -0.1) is 0 Å². The Morgan fingerprint density at radius 3 is 2.32 bits per heavy atom. The molecule has 2 aromatic carbocycles. The lowest BCUT2D eigenvalue weighted by Gasteiger charge is -2.37. The van der Waals surface area contributed by atoms with Gasteiger partial charge in [0, 0.05) is 37.4 Å². The Morgan fingerprint density at radius 2 is 1.68 bits per heavy atom. The van der Waals surface area contributed by atoms with Crippen LogP contribution >= 0.6 is 0 Å². The third kappa shape index (κ3) is 3.48. The molecule has 0 aliphatic carbocycles. The van der Waals surface area contributed by atoms with E-state index < -0.39 is 0 Å². The molecule has 0 N–H and O–H groups in total. The van der Waals surface area contributed by atoms with Crippen molar-refractivity contribution in [3.63, 3.8) is 0 Å². The van der Waals surface area contributed by atoms with Crippen LogP contribution in [0.25, 0.3) is 0 Å². The lowest BCUT2D eigenvalue weighted by atomic mass is 10.1. The normalized spacial score (nSPS) is 14.6. The van der Waals surface area contributed by atoms with Crippen molar-refractivity contribution in [2.45, 2.75) is 20.8 Å². The van der Waals surface area contributed by atoms with Gasteiger partial charge in [-0.05, 0) is 61.7 Å². The Hall–Kier alpha value is -2.49. The van der Waals surface area contributed by atoms with E-state index in [2.05, 4.69) is 36.9 Å². The highest BCUT2D eigenvalue weighted by molar-refractivity contribution is 5.94. The molecule has 0 radical (unpaired) electrons. The molecule has 1 saturated heterocycles. The molecule has 3 rings (SSSR count). The molecule has 132 valence electrons. The monoisotopic (exact) mass is 338 g/mol. The first-order valence-corrected chi connectivity index (χ1v) is 8.76. The molecule has 2 aromatic rings. The Bertz CT molecular complexity index is 777. The first-order valence-electron chi connectivity index (χ1n) is 8.76. The smallest absolute Gasteiger partial charge is 0.253 e. The van der Waals surface area contributed by atoms with Crippen molar-refractivity contribution < 1.29 is 9.53 Å². The number of benzene rings is 2. The molecule has 0 bridgehead atoms. The van der Waals surface area contributed by atoms with Gasteiger partial charge in [0.1, 0.15) is 5.75 Å². The van der Waals surface area contributed by atoms with Crippen LogP contribution in [0.5, 0.6) is 5.75 Å². The Labute approximate surface area is 150 Å². The molecular weight excluding hydrogens is 312 g/mol. The lowest BCUT2D eigenvalue weighted by Crippen LogP contribution is -2.49. The van der Waals surface area contributed by atoms with Gasteiger partial charge in [0.2, 0.25) is 0 Å². The number of hydrogen-bond acceptors (Lipinski definition) is 3. The van der Waals surface area contributed by atoms with Crippen LogP contribution in [0.15, 0.2) is 36.4 Å². The summed E-state index contributed by atoms with van der Waals surface area (Å²) in [6, 6.07) is 12.1. The molecule has 25 heavy (non-hydrogen) atoms. The van der Waals surface area contributed by atoms with Crippen LogP contribution in [-0.2, 0) is 0 Å². The van der Waals surface area contributed by atoms with Gasteiger partial charge in [0.25, 0.3) is 5.91 Å². The quantitative estimate of drug-likeness (QED) is 0.857. The van der Waals surface area contributed by atoms with Gasteiger partial charge in [-0.3, -0.25) is 4.79 Å². The fourth-order valence-corrected chi connectivity index (χ4v) is 3.42. The van der Waals surface area contributed by atoms with E-state index in [9.17, 15) is 4.79 Å². The number of ether oxygens (including phenoxy) is 1. The summed E-state index contributed by atoms with van der Waals surface area (Å²) in [7, 11) is 1.65. The zero-order valence-corrected chi connectivity index (χ0v) is 15.5. The van der Waals surface area contributed by atoms with Gasteiger partial charge < -0.3 is 14.5 Å². The summed E-state index contributed by atoms with van der Waals surface area (Å²) in [6.45, 7) is 9.51. The molecule has 1 aliphatic heterocycles. The predicted octanol–water partition coefficient (Wildman–Crippen LogP) is 3.58. The summed E-state index contributed by atoms with van der Waals surface area (Å²) in [5.74, 6) is 0.919. The number of nitrogens with zero attached hydrogens (tertiary/aromatic N) is 2. The number of amides is 1. The molecule has 1 heterocycles. The number of rotatable bonds is 3. The van der Waals surface area contributed by atoms with Crippen molar-refractivity contribution in [2.24, 2.45) is 0 Å². The van der Waals surface area contributed by atoms with Crippen LogP contribution in [0.2, 0.25) is 0 Å². The van der Waals surface area contributed by atoms with E-state index >= 15 is 0 Å². The average molecular weight is 338 g/mol. The summed E-state index contributed by atoms with van der Waals surface area (Å²) in [5, 5.41) is 0. The molecular formula is C21H26N2O2. The van der Waals surface area contributed by atoms with Crippen LogP contribution in [0.1, 0.15) is 27.0 Å². The molecule has 0 unspecified atom stereocenters. The van der Waals surface area contributed by atoms with Gasteiger partial charge >= 0.3 is 0 Å². The van der Waals surface area contributed by atoms with Gasteiger partial charge in [-0.1, -0.05) is 12.1 Å². The van der Waals surface area contributed by atoms with Crippen LogP contribution in [0, 0.1) is 20.8 Å². The number of piperazine rings is 1. The van der Waals surface area contributed by atoms with E-state index in [4.69, 9.17) is 4.74 Å². The third-order valence-corrected chi connectivity index (χ3v) is 5.13. The number of hydrogen-bond donors (Lipinski definition) is 0. The first kappa shape index (κ1) is 17.3. The molecule has 0 spiro atoms. The summed E-state index contributed by atoms with van der Waals surface area (Å²) in [6.07, 6.45) is 0. The minimum absolute atomic E-state index is 0.103. The largest absolute Gasteiger partial charge is 0.496 e. The fourth-order valence-electron chi connectivity index (χ4n) is 3.42. The summed E-state index contributed by atoms with van der Waals surface area (Å²) >= 11 is 0. The van der Waals surface area contributed by atoms with Crippen LogP contribution in [-0.4, -0.2) is 44.1 Å². The first-order chi connectivity index (χ1) is 12.0. The standard InChI is InChI=1S/C21H26N2O2/c1-15-6-5-7-19(17(15)3)22-10-12-23(13-11-22)21(24)18-8-9-20(25-4)16(2)14-18/h5-9,14H,10-13H2,1-4H3. The predicted molar refractivity (Wildman–Crippen MR) is 102 cm³/mol. The van der Waals surface area contributed by atoms with Crippen LogP contribution < -0.4 is 9.64 Å². The van der Waals surface area contributed by atoms with E-state index in [1.54, 1.807) is 7.11 Å². The summed E-state index contributed by atoms with van der Waals surface area (Å²) < 4.78 is 5.28. The van der Waals surface area contributed by atoms with Crippen LogP contribution in [0.4, 0.5) is 5.69 Å². The zero-order chi connectivity index (χ0) is 18.0. The Balaban J connectivity index is 1.68. The maximum atomic E-state index is 12.8. The van der Waals surface area contributed by atoms with Crippen molar-refractivity contribution in [3.05, 3.63) is 58.7 Å². The molecule has 1 aliphatic rings. The van der Waals surface area contributed by atoms with E-state index in [0.717, 1.165) is 43.1 Å². The van der Waals surface area contributed by atoms with Crippen molar-refractivity contribution in [2.75, 3.05) is 38.2 Å². The van der Waals surface area contributed by atoms with E-state index in [-0.39, 0.29) is 5.91 Å². The second-order valence-electron chi connectivity index (χ2n) is 6.68. The maximum absolute atomic E-state index is 12.8. The Morgan fingerprint density at radius 1 is 0.960 bits per heavy atom. The molecule has 0 aromatic heterocycles. The summed E-state index contributed by atoms with van der Waals surface area (Å²) in [4.78, 5) is 17.1. The molecule has 0 saturated carbocycles. The number of carbonyl (C=O) groups is 1. The molecule has 1 fully saturated rings. The van der Waals surface area contributed by atoms with Crippen LogP contribution in [0.3, 0.4) is 0 Å². The van der Waals surface area contributed by atoms with Crippen molar-refractivity contribution in [3.8, 4) is 5.75 Å². The highest BCUT2D eigenvalue weighted by atomic mass is 16.5. The highest BCUT2D eigenvalue weighted by Crippen LogP contribution is 2.25. The minimum Gasteiger partial charge on any atom is -0.496 e. The van der Waals surface area contributed by atoms with Crippen molar-refractivity contribution in [1.29, 1.82) is 0 Å². The summed E-state index contributed by atoms with van der Waals surface area (Å²) in [5.41, 5.74) is 5.64. The second-order valence-corrected chi connectivity index (χ2v) is 6.68. The van der Waals surface area contributed by atoms with Gasteiger partial charge in [-0.2, -0.15) is 0 Å². The second kappa shape index (κ2) is 7.18. The molecule has 4 nitrogen and oxygen atoms in total. The zero-order valence-electron chi connectivity index (χ0n) is 15.5. The van der Waals surface area contributed by atoms with E-state index in [1.807, 2.05) is 30.0 Å². The SMILES string of the molecule is COc1ccc(C(=O)N2CCN(c3cccc(C)c3C)CC2)cc1C. The van der Waals surface area contributed by atoms with Gasteiger partial charge in [-0.25, -0.2) is 0 Å². The maximum Gasteiger partial charge on any atom is 0.253 e. The van der Waals surface area contributed by atoms with Crippen molar-refractivity contribution >= 4 is 11.6 Å². The van der Waals surface area contributed by atoms with E-state index in [0.29, 0.717) is 0 Å². The highest BCUT2D eigenvalue weighted by Gasteiger charge is 2.23. The Kier molecular flexibility index (Phi) is 4.98. The van der Waals surface area contributed by atoms with E-state index in [1.165, 1.54) is 16.8 Å². The van der Waals surface area contributed by atoms with Crippen molar-refractivity contribution in [1.82, 2.24) is 4.90 Å². The number of carbonyl (C=O) groups excluding carboxylic acids is 1. The number of methoxy groups -OCH3 is 1. The minimum atomic E-state index is 0.103. The van der Waals surface area contributed by atoms with Gasteiger partial charge in [0.15, 0.2) is 0 Å².